The summed E-state index contributed by atoms with van der Waals surface area (Å²) in [6, 6.07) is 10.8. The Balaban J connectivity index is 2.17. The van der Waals surface area contributed by atoms with Gasteiger partial charge in [0.05, 0.1) is 6.10 Å². The smallest absolute Gasteiger partial charge is 0.407 e. The van der Waals surface area contributed by atoms with Gasteiger partial charge < -0.3 is 46.5 Å². The Hall–Kier alpha value is -5.51. The number of unbranched alkanes of at least 4 members (excludes halogenated alkanes) is 2. The van der Waals surface area contributed by atoms with Gasteiger partial charge in [0, 0.05) is 31.7 Å². The fourth-order valence-corrected chi connectivity index (χ4v) is 6.41. The van der Waals surface area contributed by atoms with Crippen molar-refractivity contribution in [2.24, 2.45) is 11.8 Å². The average Bonchev–Trinajstić information content (AvgIpc) is 3.22. The first-order valence-corrected chi connectivity index (χ1v) is 22.6. The lowest BCUT2D eigenvalue weighted by Crippen LogP contribution is -2.60. The van der Waals surface area contributed by atoms with Crippen molar-refractivity contribution in [1.29, 1.82) is 0 Å². The maximum Gasteiger partial charge on any atom is 0.407 e. The van der Waals surface area contributed by atoms with Crippen LogP contribution in [0, 0.1) is 11.8 Å². The topological polar surface area (TPSA) is 230 Å². The van der Waals surface area contributed by atoms with Crippen molar-refractivity contribution in [3.8, 4) is 11.1 Å². The van der Waals surface area contributed by atoms with Crippen LogP contribution in [-0.4, -0.2) is 102 Å². The van der Waals surface area contributed by atoms with Crippen LogP contribution >= 0.6 is 0 Å². The zero-order chi connectivity index (χ0) is 48.0. The Labute approximate surface area is 379 Å². The number of carboxylic acid groups (broad SMARTS) is 1. The minimum Gasteiger partial charge on any atom is -0.480 e. The van der Waals surface area contributed by atoms with E-state index in [0.717, 1.165) is 30.4 Å². The van der Waals surface area contributed by atoms with Gasteiger partial charge in [-0.2, -0.15) is 0 Å². The molecule has 64 heavy (non-hydrogen) atoms. The zero-order valence-electron chi connectivity index (χ0n) is 39.6. The molecule has 5 atom stereocenters. The number of rotatable bonds is 27. The number of hydrogen-bond acceptors (Lipinski definition) is 9. The minimum absolute atomic E-state index is 0.0224. The molecule has 16 heteroatoms. The summed E-state index contributed by atoms with van der Waals surface area (Å²) in [5, 5.41) is 25.5. The van der Waals surface area contributed by atoms with Crippen LogP contribution in [0.2, 0.25) is 0 Å². The first kappa shape index (κ1) is 54.6. The molecule has 0 aliphatic heterocycles. The van der Waals surface area contributed by atoms with E-state index in [2.05, 4.69) is 63.1 Å². The lowest BCUT2D eigenvalue weighted by atomic mass is 10.0. The summed E-state index contributed by atoms with van der Waals surface area (Å²) in [6.07, 6.45) is 2.76. The molecular formula is C48H74N6O10. The molecule has 1 unspecified atom stereocenters. The van der Waals surface area contributed by atoms with Crippen LogP contribution in [0.4, 0.5) is 4.79 Å². The number of benzene rings is 2. The number of ether oxygens (including phenoxy) is 2. The summed E-state index contributed by atoms with van der Waals surface area (Å²) >= 11 is 0. The van der Waals surface area contributed by atoms with E-state index in [1.54, 1.807) is 39.8 Å². The Morgan fingerprint density at radius 1 is 0.672 bits per heavy atom. The van der Waals surface area contributed by atoms with Crippen molar-refractivity contribution in [3.63, 3.8) is 0 Å². The van der Waals surface area contributed by atoms with E-state index >= 15 is 0 Å². The number of aliphatic carboxylic acids is 1. The molecule has 0 spiro atoms. The molecule has 0 saturated carbocycles. The first-order chi connectivity index (χ1) is 30.1. The van der Waals surface area contributed by atoms with Gasteiger partial charge in [0.25, 0.3) is 5.91 Å². The van der Waals surface area contributed by atoms with Crippen LogP contribution in [0.15, 0.2) is 48.5 Å². The summed E-state index contributed by atoms with van der Waals surface area (Å²) in [7, 11) is 0. The fourth-order valence-electron chi connectivity index (χ4n) is 6.41. The molecule has 16 nitrogen and oxygen atoms in total. The molecule has 0 aliphatic carbocycles. The first-order valence-electron chi connectivity index (χ1n) is 22.6. The SMILES string of the molecule is CCCCc1ccc(-c2ccc(C(=O)NCCC(=O)N[C@@H](CCCCNC(=O)OC(C)(C)C)C(=O)N[C@H](C(=O)N[C@@H](C)C(=O)NC(CC(C)C)C(=O)O)[C@@H](C)OCC(C)C)cc2)cc1. The van der Waals surface area contributed by atoms with E-state index in [0.29, 0.717) is 18.4 Å². The van der Waals surface area contributed by atoms with Gasteiger partial charge >= 0.3 is 12.1 Å². The third-order valence-corrected chi connectivity index (χ3v) is 9.95. The average molecular weight is 895 g/mol. The Morgan fingerprint density at radius 3 is 1.86 bits per heavy atom. The number of amides is 6. The maximum absolute atomic E-state index is 14.0. The molecule has 2 aromatic carbocycles. The van der Waals surface area contributed by atoms with Gasteiger partial charge in [-0.15, -0.1) is 0 Å². The van der Waals surface area contributed by atoms with Crippen molar-refractivity contribution in [2.45, 2.75) is 156 Å². The molecule has 0 aliphatic rings. The van der Waals surface area contributed by atoms with Gasteiger partial charge in [-0.1, -0.05) is 77.4 Å². The second-order valence-corrected chi connectivity index (χ2v) is 18.1. The minimum atomic E-state index is -1.32. The molecule has 356 valence electrons. The zero-order valence-corrected chi connectivity index (χ0v) is 39.6. The number of carbonyl (C=O) groups is 7. The number of hydrogen-bond donors (Lipinski definition) is 7. The molecule has 6 amide bonds. The number of carboxylic acids is 1. The van der Waals surface area contributed by atoms with E-state index in [-0.39, 0.29) is 56.7 Å². The molecular weight excluding hydrogens is 821 g/mol. The van der Waals surface area contributed by atoms with Crippen LogP contribution < -0.4 is 31.9 Å². The highest BCUT2D eigenvalue weighted by atomic mass is 16.6. The molecule has 0 fully saturated rings. The predicted octanol–water partition coefficient (Wildman–Crippen LogP) is 5.66. The summed E-state index contributed by atoms with van der Waals surface area (Å²) < 4.78 is 11.2. The van der Waals surface area contributed by atoms with E-state index < -0.39 is 71.6 Å². The number of nitrogens with one attached hydrogen (secondary N) is 6. The normalized spacial score (nSPS) is 13.8. The molecule has 0 heterocycles. The summed E-state index contributed by atoms with van der Waals surface area (Å²) in [5.74, 6) is -4.23. The van der Waals surface area contributed by atoms with Gasteiger partial charge in [0.2, 0.25) is 23.6 Å². The van der Waals surface area contributed by atoms with Crippen molar-refractivity contribution >= 4 is 41.6 Å². The second-order valence-electron chi connectivity index (χ2n) is 18.1. The fraction of sp³-hybridized carbons (Fsp3) is 0.604. The van der Waals surface area contributed by atoms with Gasteiger partial charge in [-0.25, -0.2) is 9.59 Å². The van der Waals surface area contributed by atoms with E-state index in [4.69, 9.17) is 9.47 Å². The molecule has 2 rings (SSSR count). The van der Waals surface area contributed by atoms with Crippen molar-refractivity contribution in [2.75, 3.05) is 19.7 Å². The highest BCUT2D eigenvalue weighted by Crippen LogP contribution is 2.21. The van der Waals surface area contributed by atoms with Crippen LogP contribution in [0.25, 0.3) is 11.1 Å². The molecule has 0 saturated heterocycles. The predicted molar refractivity (Wildman–Crippen MR) is 246 cm³/mol. The molecule has 0 bridgehead atoms. The van der Waals surface area contributed by atoms with Gasteiger partial charge in [0.15, 0.2) is 0 Å². The Kier molecular flexibility index (Phi) is 23.6. The van der Waals surface area contributed by atoms with Crippen LogP contribution in [-0.2, 0) is 39.9 Å². The van der Waals surface area contributed by atoms with E-state index in [1.807, 2.05) is 39.8 Å². The van der Waals surface area contributed by atoms with Crippen LogP contribution in [0.1, 0.15) is 130 Å². The summed E-state index contributed by atoms with van der Waals surface area (Å²) in [6.45, 7) is 18.3. The Bertz CT molecular complexity index is 1810. The van der Waals surface area contributed by atoms with Crippen LogP contribution in [0.5, 0.6) is 0 Å². The number of alkyl carbamates (subject to hydrolysis) is 1. The summed E-state index contributed by atoms with van der Waals surface area (Å²) in [5.41, 5.74) is 3.02. The molecule has 7 N–H and O–H groups in total. The van der Waals surface area contributed by atoms with Crippen molar-refractivity contribution in [1.82, 2.24) is 31.9 Å². The van der Waals surface area contributed by atoms with Gasteiger partial charge in [-0.3, -0.25) is 24.0 Å². The number of aryl methyl sites for hydroxylation is 1. The summed E-state index contributed by atoms with van der Waals surface area (Å²) in [4.78, 5) is 91.0. The van der Waals surface area contributed by atoms with Crippen molar-refractivity contribution < 1.29 is 48.1 Å². The lowest BCUT2D eigenvalue weighted by molar-refractivity contribution is -0.143. The van der Waals surface area contributed by atoms with Crippen LogP contribution in [0.3, 0.4) is 0 Å². The third-order valence-electron chi connectivity index (χ3n) is 9.95. The monoisotopic (exact) mass is 895 g/mol. The largest absolute Gasteiger partial charge is 0.480 e. The van der Waals surface area contributed by atoms with Gasteiger partial charge in [-0.05, 0) is 114 Å². The van der Waals surface area contributed by atoms with E-state index in [9.17, 15) is 38.7 Å². The molecule has 0 aromatic heterocycles. The molecule has 2 aromatic rings. The Morgan fingerprint density at radius 2 is 1.30 bits per heavy atom. The highest BCUT2D eigenvalue weighted by molar-refractivity contribution is 5.96. The van der Waals surface area contributed by atoms with Crippen molar-refractivity contribution in [3.05, 3.63) is 59.7 Å². The third kappa shape index (κ3) is 21.2. The standard InChI is InChI=1S/C48H74N6O10/c1-11-12-15-34-17-19-35(20-18-34)36-21-23-37(24-22-36)43(57)49-27-25-40(55)52-38(16-13-14-26-50-47(62)64-48(8,9)10)44(58)54-41(33(7)63-29-31(4)5)45(59)51-32(6)42(56)53-39(46(60)61)28-30(2)3/h17-24,30-33,38-39,41H,11-16,25-29H2,1-10H3,(H,49,57)(H,50,62)(H,51,59)(H,52,55)(H,53,56)(H,54,58)(H,60,61)/t32-,33+,38-,39?,41-/m0/s1. The quantitative estimate of drug-likeness (QED) is 0.0544. The highest BCUT2D eigenvalue weighted by Gasteiger charge is 2.33. The van der Waals surface area contributed by atoms with Gasteiger partial charge in [0.1, 0.15) is 29.8 Å². The maximum atomic E-state index is 14.0. The lowest BCUT2D eigenvalue weighted by Gasteiger charge is -2.29. The number of carbonyl (C=O) groups excluding carboxylic acids is 6. The second kappa shape index (κ2) is 27.6. The van der Waals surface area contributed by atoms with E-state index in [1.165, 1.54) is 12.5 Å². The molecule has 0 radical (unpaired) electrons.